The Hall–Kier alpha value is -6.94. The minimum atomic E-state index is -0.727. The summed E-state index contributed by atoms with van der Waals surface area (Å²) >= 11 is 0. The molecule has 0 aliphatic heterocycles. The largest absolute Gasteiger partial charge is 0.322 e. The maximum absolute atomic E-state index is 13.0. The van der Waals surface area contributed by atoms with Crippen LogP contribution in [0.4, 0.5) is 22.7 Å². The van der Waals surface area contributed by atoms with E-state index in [1.54, 1.807) is 0 Å². The maximum atomic E-state index is 13.0. The first-order valence-corrected chi connectivity index (χ1v) is 15.3. The molecule has 238 valence electrons. The number of carbonyl (C=O) groups excluding carboxylic acids is 2. The van der Waals surface area contributed by atoms with Crippen LogP contribution in [0.2, 0.25) is 0 Å². The first kappa shape index (κ1) is 30.7. The molecule has 10 nitrogen and oxygen atoms in total. The molecule has 2 amide bonds. The fourth-order valence-corrected chi connectivity index (χ4v) is 6.51. The van der Waals surface area contributed by atoms with Crippen LogP contribution in [-0.2, 0) is 5.41 Å². The van der Waals surface area contributed by atoms with Gasteiger partial charge in [-0.05, 0) is 81.9 Å². The molecule has 0 heterocycles. The van der Waals surface area contributed by atoms with E-state index in [4.69, 9.17) is 0 Å². The van der Waals surface area contributed by atoms with Crippen molar-refractivity contribution in [1.29, 1.82) is 0 Å². The lowest BCUT2D eigenvalue weighted by Crippen LogP contribution is -2.28. The third-order valence-corrected chi connectivity index (χ3v) is 8.78. The van der Waals surface area contributed by atoms with Gasteiger partial charge in [0.25, 0.3) is 23.2 Å². The van der Waals surface area contributed by atoms with E-state index in [1.807, 2.05) is 72.8 Å². The predicted octanol–water partition coefficient (Wildman–Crippen LogP) is 8.37. The van der Waals surface area contributed by atoms with E-state index in [0.29, 0.717) is 22.5 Å². The number of anilines is 2. The van der Waals surface area contributed by atoms with Gasteiger partial charge in [-0.15, -0.1) is 0 Å². The summed E-state index contributed by atoms with van der Waals surface area (Å²) in [5, 5.41) is 27.8. The van der Waals surface area contributed by atoms with Crippen molar-refractivity contribution in [1.82, 2.24) is 0 Å². The fraction of sp³-hybridized carbons (Fsp3) is 0.0256. The van der Waals surface area contributed by atoms with Gasteiger partial charge in [0.05, 0.1) is 15.3 Å². The van der Waals surface area contributed by atoms with Gasteiger partial charge in [-0.25, -0.2) is 0 Å². The van der Waals surface area contributed by atoms with Crippen LogP contribution < -0.4 is 10.6 Å². The second-order valence-electron chi connectivity index (χ2n) is 11.5. The molecule has 0 spiro atoms. The zero-order valence-corrected chi connectivity index (χ0v) is 25.7. The molecule has 0 saturated heterocycles. The summed E-state index contributed by atoms with van der Waals surface area (Å²) in [6.45, 7) is 0. The van der Waals surface area contributed by atoms with Crippen molar-refractivity contribution in [2.45, 2.75) is 5.41 Å². The molecule has 0 bridgehead atoms. The first-order valence-electron chi connectivity index (χ1n) is 15.3. The Morgan fingerprint density at radius 2 is 0.816 bits per heavy atom. The number of nitro benzene ring substituents is 2. The number of rotatable bonds is 8. The van der Waals surface area contributed by atoms with E-state index >= 15 is 0 Å². The molecule has 0 unspecified atom stereocenters. The average molecular weight is 647 g/mol. The highest BCUT2D eigenvalue weighted by atomic mass is 16.6. The Balaban J connectivity index is 1.24. The second kappa shape index (κ2) is 12.3. The van der Waals surface area contributed by atoms with Gasteiger partial charge in [-0.3, -0.25) is 29.8 Å². The summed E-state index contributed by atoms with van der Waals surface area (Å²) in [4.78, 5) is 46.9. The SMILES string of the molecule is O=C(Nc1ccc(C2(c3ccc(NC(=O)c4ccc([N+](=O)[O-])cc4)cc3)c3ccccc3-c3ccccc32)cc1)c1ccc([N+](=O)[O-])cc1. The van der Waals surface area contributed by atoms with E-state index in [0.717, 1.165) is 33.4 Å². The summed E-state index contributed by atoms with van der Waals surface area (Å²) < 4.78 is 0. The fourth-order valence-electron chi connectivity index (χ4n) is 6.51. The summed E-state index contributed by atoms with van der Waals surface area (Å²) in [7, 11) is 0. The van der Waals surface area contributed by atoms with Gasteiger partial charge in [-0.1, -0.05) is 72.8 Å². The Morgan fingerprint density at radius 3 is 1.16 bits per heavy atom. The quantitative estimate of drug-likeness (QED) is 0.125. The van der Waals surface area contributed by atoms with Crippen LogP contribution in [0.25, 0.3) is 11.1 Å². The van der Waals surface area contributed by atoms with Crippen LogP contribution in [0, 0.1) is 20.2 Å². The molecule has 1 aliphatic rings. The molecule has 0 atom stereocenters. The average Bonchev–Trinajstić information content (AvgIpc) is 3.43. The second-order valence-corrected chi connectivity index (χ2v) is 11.5. The normalized spacial score (nSPS) is 12.3. The summed E-state index contributed by atoms with van der Waals surface area (Å²) in [6, 6.07) is 42.6. The number of non-ortho nitro benzene ring substituents is 2. The van der Waals surface area contributed by atoms with Crippen LogP contribution in [0.15, 0.2) is 146 Å². The van der Waals surface area contributed by atoms with Gasteiger partial charge in [-0.2, -0.15) is 0 Å². The molecular formula is C39H26N4O6. The molecule has 1 aliphatic carbocycles. The zero-order chi connectivity index (χ0) is 34.1. The topological polar surface area (TPSA) is 144 Å². The van der Waals surface area contributed by atoms with Crippen LogP contribution in [0.1, 0.15) is 43.0 Å². The number of nitrogens with zero attached hydrogens (tertiary/aromatic N) is 2. The number of hydrogen-bond donors (Lipinski definition) is 2. The van der Waals surface area contributed by atoms with Gasteiger partial charge >= 0.3 is 0 Å². The lowest BCUT2D eigenvalue weighted by Gasteiger charge is -2.34. The number of hydrogen-bond acceptors (Lipinski definition) is 6. The predicted molar refractivity (Wildman–Crippen MR) is 186 cm³/mol. The van der Waals surface area contributed by atoms with Crippen molar-refractivity contribution in [3.05, 3.63) is 199 Å². The Bertz CT molecular complexity index is 2090. The van der Waals surface area contributed by atoms with E-state index in [9.17, 15) is 29.8 Å². The minimum absolute atomic E-state index is 0.0942. The third kappa shape index (κ3) is 5.47. The third-order valence-electron chi connectivity index (χ3n) is 8.78. The first-order chi connectivity index (χ1) is 23.8. The van der Waals surface area contributed by atoms with Crippen molar-refractivity contribution >= 4 is 34.6 Å². The Kier molecular flexibility index (Phi) is 7.73. The van der Waals surface area contributed by atoms with E-state index in [1.165, 1.54) is 48.5 Å². The molecular weight excluding hydrogens is 620 g/mol. The van der Waals surface area contributed by atoms with Crippen LogP contribution >= 0.6 is 0 Å². The minimum Gasteiger partial charge on any atom is -0.322 e. The maximum Gasteiger partial charge on any atom is 0.269 e. The van der Waals surface area contributed by atoms with Crippen molar-refractivity contribution in [2.24, 2.45) is 0 Å². The smallest absolute Gasteiger partial charge is 0.269 e. The molecule has 2 N–H and O–H groups in total. The Labute approximate surface area is 280 Å². The molecule has 6 aromatic carbocycles. The highest BCUT2D eigenvalue weighted by Gasteiger charge is 2.45. The van der Waals surface area contributed by atoms with Gasteiger partial charge in [0, 0.05) is 46.8 Å². The molecule has 7 rings (SSSR count). The van der Waals surface area contributed by atoms with Crippen molar-refractivity contribution < 1.29 is 19.4 Å². The molecule has 0 radical (unpaired) electrons. The molecule has 49 heavy (non-hydrogen) atoms. The number of amides is 2. The molecule has 6 aromatic rings. The van der Waals surface area contributed by atoms with Gasteiger partial charge in [0.15, 0.2) is 0 Å². The highest BCUT2D eigenvalue weighted by molar-refractivity contribution is 6.05. The monoisotopic (exact) mass is 646 g/mol. The van der Waals surface area contributed by atoms with Gasteiger partial charge < -0.3 is 10.6 Å². The zero-order valence-electron chi connectivity index (χ0n) is 25.7. The molecule has 0 saturated carbocycles. The number of benzene rings is 6. The molecule has 0 aromatic heterocycles. The molecule has 0 fully saturated rings. The lowest BCUT2D eigenvalue weighted by atomic mass is 9.67. The Morgan fingerprint density at radius 1 is 0.469 bits per heavy atom. The van der Waals surface area contributed by atoms with Gasteiger partial charge in [0.1, 0.15) is 0 Å². The van der Waals surface area contributed by atoms with Crippen molar-refractivity contribution in [3.63, 3.8) is 0 Å². The number of carbonyl (C=O) groups is 2. The summed E-state index contributed by atoms with van der Waals surface area (Å²) in [6.07, 6.45) is 0. The number of fused-ring (bicyclic) bond motifs is 3. The van der Waals surface area contributed by atoms with E-state index < -0.39 is 15.3 Å². The molecule has 10 heteroatoms. The van der Waals surface area contributed by atoms with Crippen molar-refractivity contribution in [2.75, 3.05) is 10.6 Å². The van der Waals surface area contributed by atoms with Crippen LogP contribution in [0.3, 0.4) is 0 Å². The van der Waals surface area contributed by atoms with Gasteiger partial charge in [0.2, 0.25) is 0 Å². The van der Waals surface area contributed by atoms with Crippen LogP contribution in [-0.4, -0.2) is 21.7 Å². The van der Waals surface area contributed by atoms with Crippen molar-refractivity contribution in [3.8, 4) is 11.1 Å². The van der Waals surface area contributed by atoms with Crippen LogP contribution in [0.5, 0.6) is 0 Å². The summed E-state index contributed by atoms with van der Waals surface area (Å²) in [5.41, 5.74) is 7.09. The number of nitrogens with one attached hydrogen (secondary N) is 2. The number of nitro groups is 2. The van der Waals surface area contributed by atoms with E-state index in [-0.39, 0.29) is 23.2 Å². The standard InChI is InChI=1S/C39H26N4O6/c44-37(25-9-21-31(22-10-25)42(46)47)40-29-17-13-27(14-18-29)39(35-7-3-1-5-33(35)34-6-2-4-8-36(34)39)28-15-19-30(20-16-28)41-38(45)26-11-23-32(24-12-26)43(48)49/h1-24H,(H,40,44)(H,41,45). The highest BCUT2D eigenvalue weighted by Crippen LogP contribution is 2.56. The summed E-state index contributed by atoms with van der Waals surface area (Å²) in [5.74, 6) is -0.777. The lowest BCUT2D eigenvalue weighted by molar-refractivity contribution is -0.385. The van der Waals surface area contributed by atoms with E-state index in [2.05, 4.69) is 34.9 Å².